The fourth-order valence-corrected chi connectivity index (χ4v) is 8.11. The predicted octanol–water partition coefficient (Wildman–Crippen LogP) is 3.81. The van der Waals surface area contributed by atoms with Crippen LogP contribution in [-0.2, 0) is 10.0 Å². The molecule has 0 radical (unpaired) electrons. The average molecular weight is 390 g/mol. The van der Waals surface area contributed by atoms with Gasteiger partial charge < -0.3 is 5.11 Å². The van der Waals surface area contributed by atoms with Gasteiger partial charge in [0.15, 0.2) is 0 Å². The Morgan fingerprint density at radius 1 is 1.00 bits per heavy atom. The van der Waals surface area contributed by atoms with Gasteiger partial charge in [0, 0.05) is 8.07 Å². The van der Waals surface area contributed by atoms with Crippen LogP contribution in [0.15, 0.2) is 60.7 Å². The zero-order valence-corrected chi connectivity index (χ0v) is 17.4. The summed E-state index contributed by atoms with van der Waals surface area (Å²) in [5, 5.41) is 10.9. The Balaban J connectivity index is 1.88. The number of benzene rings is 2. The average Bonchev–Trinajstić information content (AvgIpc) is 3.37. The van der Waals surface area contributed by atoms with Gasteiger partial charge in [0.25, 0.3) is 0 Å². The Morgan fingerprint density at radius 2 is 1.54 bits per heavy atom. The Morgan fingerprint density at radius 3 is 2.08 bits per heavy atom. The summed E-state index contributed by atoms with van der Waals surface area (Å²) >= 11 is 0. The number of aliphatic hydroxyl groups is 1. The standard InChI is InChI=1S/C20H27NO3SSi/c1-26(2,3)15-14-25(23,24)21-18(16-10-6-4-7-11-16)19(21)20(22)17-12-8-5-9-13-17/h4-13,18-20,22H,14-15H2,1-3H3/t18-,19-,20+,21?/m0/s1. The first-order valence-corrected chi connectivity index (χ1v) is 14.3. The maximum Gasteiger partial charge on any atom is 0.214 e. The van der Waals surface area contributed by atoms with Crippen LogP contribution in [0.4, 0.5) is 0 Å². The lowest BCUT2D eigenvalue weighted by Crippen LogP contribution is -2.28. The number of hydrogen-bond acceptors (Lipinski definition) is 3. The second kappa shape index (κ2) is 7.27. The molecule has 140 valence electrons. The first-order valence-electron chi connectivity index (χ1n) is 9.00. The van der Waals surface area contributed by atoms with Gasteiger partial charge in [-0.05, 0) is 17.2 Å². The van der Waals surface area contributed by atoms with E-state index in [0.717, 1.165) is 17.2 Å². The van der Waals surface area contributed by atoms with Crippen molar-refractivity contribution in [1.82, 2.24) is 4.31 Å². The van der Waals surface area contributed by atoms with E-state index in [1.807, 2.05) is 60.7 Å². The predicted molar refractivity (Wildman–Crippen MR) is 108 cm³/mol. The third-order valence-corrected chi connectivity index (χ3v) is 8.78. The molecule has 1 saturated heterocycles. The van der Waals surface area contributed by atoms with Crippen LogP contribution in [0.2, 0.25) is 25.7 Å². The first-order chi connectivity index (χ1) is 12.2. The van der Waals surface area contributed by atoms with Gasteiger partial charge in [-0.15, -0.1) is 0 Å². The topological polar surface area (TPSA) is 57.4 Å². The highest BCUT2D eigenvalue weighted by molar-refractivity contribution is 7.89. The van der Waals surface area contributed by atoms with Crippen molar-refractivity contribution >= 4 is 18.1 Å². The lowest BCUT2D eigenvalue weighted by atomic mass is 10.0. The molecule has 0 saturated carbocycles. The molecule has 1 N–H and O–H groups in total. The van der Waals surface area contributed by atoms with Crippen LogP contribution < -0.4 is 0 Å². The van der Waals surface area contributed by atoms with Crippen molar-refractivity contribution in [1.29, 1.82) is 0 Å². The summed E-state index contributed by atoms with van der Waals surface area (Å²) in [6, 6.07) is 18.9. The summed E-state index contributed by atoms with van der Waals surface area (Å²) in [5.41, 5.74) is 1.69. The molecule has 1 heterocycles. The Labute approximate surface area is 157 Å². The van der Waals surface area contributed by atoms with E-state index in [-0.39, 0.29) is 11.8 Å². The second-order valence-electron chi connectivity index (χ2n) is 8.16. The fraction of sp³-hybridized carbons (Fsp3) is 0.400. The molecule has 1 unspecified atom stereocenters. The molecule has 1 fully saturated rings. The Kier molecular flexibility index (Phi) is 5.39. The molecule has 0 spiro atoms. The van der Waals surface area contributed by atoms with Crippen molar-refractivity contribution in [3.63, 3.8) is 0 Å². The SMILES string of the molecule is C[Si](C)(C)CCS(=O)(=O)N1[C@H]([C@H](O)c2ccccc2)[C@@H]1c1ccccc1. The molecule has 3 rings (SSSR count). The number of aliphatic hydroxyl groups excluding tert-OH is 1. The van der Waals surface area contributed by atoms with Crippen LogP contribution >= 0.6 is 0 Å². The van der Waals surface area contributed by atoms with Crippen LogP contribution in [0.25, 0.3) is 0 Å². The lowest BCUT2D eigenvalue weighted by Gasteiger charge is -2.16. The smallest absolute Gasteiger partial charge is 0.214 e. The second-order valence-corrected chi connectivity index (χ2v) is 15.8. The molecule has 0 amide bonds. The summed E-state index contributed by atoms with van der Waals surface area (Å²) in [5.74, 6) is 0.157. The summed E-state index contributed by atoms with van der Waals surface area (Å²) in [6.07, 6.45) is -0.830. The number of nitrogens with zero attached hydrogens (tertiary/aromatic N) is 1. The van der Waals surface area contributed by atoms with Gasteiger partial charge in [-0.25, -0.2) is 8.42 Å². The van der Waals surface area contributed by atoms with Crippen LogP contribution in [0.5, 0.6) is 0 Å². The summed E-state index contributed by atoms with van der Waals surface area (Å²) < 4.78 is 27.5. The largest absolute Gasteiger partial charge is 0.387 e. The van der Waals surface area contributed by atoms with Gasteiger partial charge in [-0.2, -0.15) is 4.31 Å². The van der Waals surface area contributed by atoms with Crippen LogP contribution in [0.1, 0.15) is 23.3 Å². The maximum absolute atomic E-state index is 13.0. The number of hydrogen-bond donors (Lipinski definition) is 1. The van der Waals surface area contributed by atoms with Crippen LogP contribution in [-0.4, -0.2) is 37.7 Å². The van der Waals surface area contributed by atoms with Gasteiger partial charge in [0.2, 0.25) is 10.0 Å². The van der Waals surface area contributed by atoms with Crippen molar-refractivity contribution in [2.24, 2.45) is 0 Å². The summed E-state index contributed by atoms with van der Waals surface area (Å²) in [4.78, 5) is 0. The first kappa shape index (κ1) is 19.3. The monoisotopic (exact) mass is 389 g/mol. The summed E-state index contributed by atoms with van der Waals surface area (Å²) in [6.45, 7) is 6.53. The molecule has 4 atom stereocenters. The summed E-state index contributed by atoms with van der Waals surface area (Å²) in [7, 11) is -4.88. The normalized spacial score (nSPS) is 24.2. The lowest BCUT2D eigenvalue weighted by molar-refractivity contribution is 0.166. The van der Waals surface area contributed by atoms with Gasteiger partial charge in [-0.1, -0.05) is 80.3 Å². The van der Waals surface area contributed by atoms with Crippen molar-refractivity contribution in [3.8, 4) is 0 Å². The highest BCUT2D eigenvalue weighted by atomic mass is 32.2. The fourth-order valence-electron chi connectivity index (χ4n) is 3.28. The third kappa shape index (κ3) is 4.26. The van der Waals surface area contributed by atoms with Gasteiger partial charge in [0.05, 0.1) is 23.9 Å². The molecule has 2 aromatic rings. The van der Waals surface area contributed by atoms with Crippen LogP contribution in [0.3, 0.4) is 0 Å². The van der Waals surface area contributed by atoms with Crippen LogP contribution in [0, 0.1) is 0 Å². The van der Waals surface area contributed by atoms with Gasteiger partial charge in [-0.3, -0.25) is 0 Å². The molecular formula is C20H27NO3SSi. The zero-order chi connectivity index (χ0) is 18.9. The van der Waals surface area contributed by atoms with E-state index < -0.39 is 30.2 Å². The molecule has 1 aliphatic rings. The minimum absolute atomic E-state index is 0.157. The molecule has 26 heavy (non-hydrogen) atoms. The van der Waals surface area contributed by atoms with E-state index >= 15 is 0 Å². The maximum atomic E-state index is 13.0. The Hall–Kier alpha value is -1.47. The van der Waals surface area contributed by atoms with E-state index in [1.54, 1.807) is 0 Å². The molecule has 0 aliphatic carbocycles. The quantitative estimate of drug-likeness (QED) is 0.579. The molecule has 6 heteroatoms. The zero-order valence-electron chi connectivity index (χ0n) is 15.5. The van der Waals surface area contributed by atoms with E-state index in [9.17, 15) is 13.5 Å². The van der Waals surface area contributed by atoms with E-state index in [1.165, 1.54) is 4.31 Å². The molecule has 4 nitrogen and oxygen atoms in total. The van der Waals surface area contributed by atoms with Crippen molar-refractivity contribution in [2.45, 2.75) is 43.9 Å². The molecular weight excluding hydrogens is 362 g/mol. The third-order valence-electron chi connectivity index (χ3n) is 4.84. The molecule has 1 aliphatic heterocycles. The molecule has 0 aromatic heterocycles. The number of sulfonamides is 1. The number of rotatable bonds is 7. The highest BCUT2D eigenvalue weighted by Crippen LogP contribution is 2.51. The van der Waals surface area contributed by atoms with E-state index in [0.29, 0.717) is 0 Å². The van der Waals surface area contributed by atoms with Gasteiger partial charge >= 0.3 is 0 Å². The van der Waals surface area contributed by atoms with Gasteiger partial charge in [0.1, 0.15) is 0 Å². The molecule has 2 aromatic carbocycles. The highest BCUT2D eigenvalue weighted by Gasteiger charge is 2.59. The van der Waals surface area contributed by atoms with Crippen molar-refractivity contribution in [3.05, 3.63) is 71.8 Å². The van der Waals surface area contributed by atoms with E-state index in [4.69, 9.17) is 0 Å². The Bertz CT molecular complexity index is 834. The minimum atomic E-state index is -3.41. The van der Waals surface area contributed by atoms with Crippen molar-refractivity contribution < 1.29 is 13.5 Å². The van der Waals surface area contributed by atoms with E-state index in [2.05, 4.69) is 19.6 Å². The minimum Gasteiger partial charge on any atom is -0.387 e. The molecule has 0 bridgehead atoms. The van der Waals surface area contributed by atoms with Crippen molar-refractivity contribution in [2.75, 3.05) is 5.75 Å².